The van der Waals surface area contributed by atoms with Crippen LogP contribution in [-0.4, -0.2) is 29.2 Å². The zero-order chi connectivity index (χ0) is 15.8. The van der Waals surface area contributed by atoms with Crippen LogP contribution in [0.15, 0.2) is 22.5 Å². The molecule has 1 N–H and O–H groups in total. The average Bonchev–Trinajstić information content (AvgIpc) is 2.79. The van der Waals surface area contributed by atoms with E-state index in [2.05, 4.69) is 4.98 Å². The van der Waals surface area contributed by atoms with E-state index in [0.717, 1.165) is 0 Å². The number of carbonyl (C=O) groups excluding carboxylic acids is 1. The fourth-order valence-corrected chi connectivity index (χ4v) is 2.94. The highest BCUT2D eigenvalue weighted by Crippen LogP contribution is 2.37. The smallest absolute Gasteiger partial charge is 0.320 e. The molecule has 0 aliphatic heterocycles. The number of rotatable bonds is 3. The van der Waals surface area contributed by atoms with Crippen LogP contribution < -0.4 is 5.32 Å². The van der Waals surface area contributed by atoms with Gasteiger partial charge in [0.15, 0.2) is 4.34 Å². The molecule has 21 heavy (non-hydrogen) atoms. The van der Waals surface area contributed by atoms with E-state index in [4.69, 9.17) is 0 Å². The number of anilines is 1. The van der Waals surface area contributed by atoms with E-state index in [-0.39, 0.29) is 5.69 Å². The van der Waals surface area contributed by atoms with Crippen LogP contribution in [0.2, 0.25) is 0 Å². The van der Waals surface area contributed by atoms with E-state index in [1.165, 1.54) is 41.3 Å². The quantitative estimate of drug-likeness (QED) is 0.673. The number of hydrogen-bond donors (Lipinski definition) is 1. The summed E-state index contributed by atoms with van der Waals surface area (Å²) in [5.41, 5.74) is 0.428. The Morgan fingerprint density at radius 1 is 1.29 bits per heavy atom. The number of aromatic nitrogens is 1. The van der Waals surface area contributed by atoms with Crippen LogP contribution in [0, 0.1) is 0 Å². The molecule has 0 saturated carbocycles. The first-order valence-electron chi connectivity index (χ1n) is 5.35. The van der Waals surface area contributed by atoms with Gasteiger partial charge in [0.1, 0.15) is 0 Å². The molecule has 0 unspecified atom stereocenters. The number of hydrogen-bond acceptors (Lipinski definition) is 4. The molecule has 1 amide bonds. The molecule has 1 heterocycles. The van der Waals surface area contributed by atoms with Crippen molar-refractivity contribution in [3.8, 4) is 0 Å². The third kappa shape index (κ3) is 3.10. The monoisotopic (exact) mass is 342 g/mol. The number of thioether (sulfide) groups is 1. The highest BCUT2D eigenvalue weighted by Gasteiger charge is 2.63. The van der Waals surface area contributed by atoms with Crippen LogP contribution >= 0.6 is 23.1 Å². The molecule has 0 fully saturated rings. The van der Waals surface area contributed by atoms with Gasteiger partial charge in [-0.25, -0.2) is 4.98 Å². The number of nitrogens with zero attached hydrogens (tertiary/aromatic N) is 1. The molecule has 0 atom stereocenters. The average molecular weight is 342 g/mol. The lowest BCUT2D eigenvalue weighted by atomic mass is 10.2. The minimum absolute atomic E-state index is 0.146. The first-order valence-corrected chi connectivity index (χ1v) is 7.40. The fourth-order valence-electron chi connectivity index (χ4n) is 1.41. The molecule has 2 aromatic rings. The second-order valence-electron chi connectivity index (χ2n) is 3.89. The normalized spacial score (nSPS) is 12.7. The Bertz CT molecular complexity index is 683. The maximum atomic E-state index is 12.8. The summed E-state index contributed by atoms with van der Waals surface area (Å²) in [5, 5.41) is 1.57. The first-order chi connectivity index (χ1) is 9.65. The Hall–Kier alpha value is -1.42. The highest BCUT2D eigenvalue weighted by atomic mass is 32.2. The third-order valence-corrected chi connectivity index (χ3v) is 4.45. The summed E-state index contributed by atoms with van der Waals surface area (Å²) in [5.74, 6) is -7.86. The van der Waals surface area contributed by atoms with Gasteiger partial charge in [0.05, 0.1) is 10.2 Å². The lowest BCUT2D eigenvalue weighted by molar-refractivity contribution is -0.267. The van der Waals surface area contributed by atoms with E-state index in [1.54, 1.807) is 11.6 Å². The molecule has 0 spiro atoms. The summed E-state index contributed by atoms with van der Waals surface area (Å²) in [6.45, 7) is 0. The first kappa shape index (κ1) is 16.0. The lowest BCUT2D eigenvalue weighted by Crippen LogP contribution is -2.47. The van der Waals surface area contributed by atoms with Crippen LogP contribution in [0.3, 0.4) is 0 Å². The molecule has 1 aromatic carbocycles. The molecule has 0 aliphatic carbocycles. The minimum Gasteiger partial charge on any atom is -0.320 e. The number of nitrogens with one attached hydrogen (secondary N) is 1. The van der Waals surface area contributed by atoms with Gasteiger partial charge in [-0.15, -0.1) is 11.3 Å². The molecule has 10 heteroatoms. The maximum Gasteiger partial charge on any atom is 0.463 e. The van der Waals surface area contributed by atoms with Gasteiger partial charge in [-0.2, -0.15) is 22.0 Å². The van der Waals surface area contributed by atoms with E-state index in [1.807, 2.05) is 0 Å². The molecule has 0 saturated heterocycles. The van der Waals surface area contributed by atoms with Crippen molar-refractivity contribution in [1.29, 1.82) is 0 Å². The topological polar surface area (TPSA) is 42.0 Å². The van der Waals surface area contributed by atoms with Gasteiger partial charge < -0.3 is 5.32 Å². The Labute approximate surface area is 123 Å². The summed E-state index contributed by atoms with van der Waals surface area (Å²) in [4.78, 5) is 15.3. The van der Waals surface area contributed by atoms with Gasteiger partial charge in [0.2, 0.25) is 0 Å². The molecule has 114 valence electrons. The Morgan fingerprint density at radius 3 is 2.52 bits per heavy atom. The molecule has 1 aromatic heterocycles. The van der Waals surface area contributed by atoms with Crippen LogP contribution in [0.5, 0.6) is 0 Å². The van der Waals surface area contributed by atoms with Crippen molar-refractivity contribution in [1.82, 2.24) is 4.98 Å². The molecule has 0 aliphatic rings. The summed E-state index contributed by atoms with van der Waals surface area (Å²) in [7, 11) is 0. The number of fused-ring (bicyclic) bond motifs is 1. The summed E-state index contributed by atoms with van der Waals surface area (Å²) in [6, 6.07) is 3.96. The van der Waals surface area contributed by atoms with Gasteiger partial charge in [0.25, 0.3) is 0 Å². The van der Waals surface area contributed by atoms with E-state index < -0.39 is 18.0 Å². The van der Waals surface area contributed by atoms with Gasteiger partial charge in [-0.05, 0) is 24.5 Å². The molecule has 2 rings (SSSR count). The lowest BCUT2D eigenvalue weighted by Gasteiger charge is -2.18. The predicted molar refractivity (Wildman–Crippen MR) is 71.0 cm³/mol. The molecular weight excluding hydrogens is 335 g/mol. The number of benzene rings is 1. The number of amides is 1. The summed E-state index contributed by atoms with van der Waals surface area (Å²) in [6.07, 6.45) is -4.14. The SMILES string of the molecule is CSc1nc2ccc(NC(=O)C(F)(F)C(F)(F)F)cc2s1. The molecule has 0 bridgehead atoms. The summed E-state index contributed by atoms with van der Waals surface area (Å²) < 4.78 is 63.2. The van der Waals surface area contributed by atoms with Crippen LogP contribution in [0.25, 0.3) is 10.2 Å². The zero-order valence-electron chi connectivity index (χ0n) is 10.3. The van der Waals surface area contributed by atoms with Gasteiger partial charge in [-0.1, -0.05) is 11.8 Å². The maximum absolute atomic E-state index is 12.8. The predicted octanol–water partition coefficient (Wildman–Crippen LogP) is 4.15. The van der Waals surface area contributed by atoms with Crippen molar-refractivity contribution >= 4 is 44.9 Å². The fraction of sp³-hybridized carbons (Fsp3) is 0.273. The summed E-state index contributed by atoms with van der Waals surface area (Å²) >= 11 is 2.62. The Balaban J connectivity index is 2.25. The van der Waals surface area contributed by atoms with Gasteiger partial charge in [-0.3, -0.25) is 4.79 Å². The molecular formula is C11H7F5N2OS2. The zero-order valence-corrected chi connectivity index (χ0v) is 11.9. The van der Waals surface area contributed by atoms with Crippen molar-refractivity contribution in [2.45, 2.75) is 16.4 Å². The Morgan fingerprint density at radius 2 is 1.95 bits per heavy atom. The van der Waals surface area contributed by atoms with Crippen molar-refractivity contribution in [3.63, 3.8) is 0 Å². The van der Waals surface area contributed by atoms with Crippen LogP contribution in [-0.2, 0) is 4.79 Å². The van der Waals surface area contributed by atoms with Crippen LogP contribution in [0.4, 0.5) is 27.6 Å². The second kappa shape index (κ2) is 5.41. The van der Waals surface area contributed by atoms with Crippen LogP contribution in [0.1, 0.15) is 0 Å². The largest absolute Gasteiger partial charge is 0.463 e. The van der Waals surface area contributed by atoms with Crippen molar-refractivity contribution in [3.05, 3.63) is 18.2 Å². The molecule has 3 nitrogen and oxygen atoms in total. The second-order valence-corrected chi connectivity index (χ2v) is 5.98. The highest BCUT2D eigenvalue weighted by molar-refractivity contribution is 8.00. The van der Waals surface area contributed by atoms with E-state index in [9.17, 15) is 26.7 Å². The number of halogens is 5. The third-order valence-electron chi connectivity index (χ3n) is 2.44. The number of carbonyl (C=O) groups is 1. The van der Waals surface area contributed by atoms with Gasteiger partial charge >= 0.3 is 18.0 Å². The number of thiazole rings is 1. The van der Waals surface area contributed by atoms with E-state index in [0.29, 0.717) is 14.6 Å². The number of alkyl halides is 5. The Kier molecular flexibility index (Phi) is 4.11. The standard InChI is InChI=1S/C11H7F5N2OS2/c1-20-9-18-6-3-2-5(4-7(6)21-9)17-8(19)10(12,13)11(14,15)16/h2-4H,1H3,(H,17,19). The van der Waals surface area contributed by atoms with Crippen molar-refractivity contribution in [2.24, 2.45) is 0 Å². The van der Waals surface area contributed by atoms with Gasteiger partial charge in [0, 0.05) is 5.69 Å². The van der Waals surface area contributed by atoms with E-state index >= 15 is 0 Å². The van der Waals surface area contributed by atoms with Crippen molar-refractivity contribution in [2.75, 3.05) is 11.6 Å². The molecule has 0 radical (unpaired) electrons. The minimum atomic E-state index is -5.93. The van der Waals surface area contributed by atoms with Crippen molar-refractivity contribution < 1.29 is 26.7 Å².